The van der Waals surface area contributed by atoms with E-state index in [4.69, 9.17) is 23.2 Å². The van der Waals surface area contributed by atoms with E-state index in [1.54, 1.807) is 0 Å². The number of halogens is 2. The third-order valence-corrected chi connectivity index (χ3v) is 8.36. The van der Waals surface area contributed by atoms with Crippen molar-refractivity contribution in [3.05, 3.63) is 23.0 Å². The van der Waals surface area contributed by atoms with E-state index in [9.17, 15) is 0 Å². The van der Waals surface area contributed by atoms with Crippen molar-refractivity contribution in [3.8, 4) is 0 Å². The van der Waals surface area contributed by atoms with E-state index in [-0.39, 0.29) is 0 Å². The molecule has 0 aromatic carbocycles. The Morgan fingerprint density at radius 3 is 1.71 bits per heavy atom. The Morgan fingerprint density at radius 2 is 1.24 bits per heavy atom. The average Bonchev–Trinajstić information content (AvgIpc) is 3.07. The van der Waals surface area contributed by atoms with Gasteiger partial charge in [-0.05, 0) is 0 Å². The fourth-order valence-electron chi connectivity index (χ4n) is 1.98. The van der Waals surface area contributed by atoms with Gasteiger partial charge in [0.1, 0.15) is 0 Å². The minimum absolute atomic E-state index is 0.361. The van der Waals surface area contributed by atoms with Gasteiger partial charge in [-0.1, -0.05) is 0 Å². The van der Waals surface area contributed by atoms with Crippen molar-refractivity contribution in [3.63, 3.8) is 0 Å². The van der Waals surface area contributed by atoms with Crippen molar-refractivity contribution in [2.24, 2.45) is 0 Å². The van der Waals surface area contributed by atoms with E-state index in [1.165, 1.54) is 12.7 Å². The molecular weight excluding hydrogens is 504 g/mol. The normalized spacial score (nSPS) is 11.1. The molecule has 0 unspecified atom stereocenters. The number of aromatic amines is 2. The fraction of sp³-hybridized carbons (Fsp3) is 0. The Morgan fingerprint density at radius 1 is 0.762 bits per heavy atom. The summed E-state index contributed by atoms with van der Waals surface area (Å²) >= 11 is 10.2. The van der Waals surface area contributed by atoms with Crippen LogP contribution in [0, 0.1) is 0 Å². The summed E-state index contributed by atoms with van der Waals surface area (Å²) in [5.74, 6) is 0. The minimum atomic E-state index is -1.98. The van der Waals surface area contributed by atoms with Gasteiger partial charge in [-0.3, -0.25) is 0 Å². The number of imidazole rings is 2. The molecule has 21 heavy (non-hydrogen) atoms. The van der Waals surface area contributed by atoms with Gasteiger partial charge in [0.2, 0.25) is 0 Å². The molecule has 0 atom stereocenters. The molecule has 0 fully saturated rings. The zero-order valence-electron chi connectivity index (χ0n) is 10.3. The molecule has 4 aromatic heterocycles. The molecule has 0 radical (unpaired) electrons. The molecule has 0 amide bonds. The van der Waals surface area contributed by atoms with Crippen LogP contribution in [0.4, 0.5) is 0 Å². The Balaban J connectivity index is 1.78. The van der Waals surface area contributed by atoms with E-state index in [0.29, 0.717) is 39.3 Å². The van der Waals surface area contributed by atoms with Gasteiger partial charge >= 0.3 is 140 Å². The molecule has 100 valence electrons. The summed E-state index contributed by atoms with van der Waals surface area (Å²) in [6.45, 7) is 0. The molecule has 4 aromatic rings. The molecule has 8 nitrogen and oxygen atoms in total. The topological polar surface area (TPSA) is 109 Å². The van der Waals surface area contributed by atoms with E-state index < -0.39 is 24.6 Å². The Bertz CT molecular complexity index is 886. The maximum atomic E-state index is 6.11. The van der Waals surface area contributed by atoms with Gasteiger partial charge in [-0.2, -0.15) is 0 Å². The zero-order valence-corrected chi connectivity index (χ0v) is 17.3. The standard InChI is InChI=1S/2C5H2ClN4.Hg/c2*6-4-3-5(9-1-7-3)10-2-8-4;/h2*1H,(H,7,8,9,10);. The van der Waals surface area contributed by atoms with Gasteiger partial charge in [-0.25, -0.2) is 0 Å². The molecule has 4 rings (SSSR count). The third-order valence-electron chi connectivity index (χ3n) is 2.89. The SMILES string of the molecule is Clc1n[c]([Hg][c]2nc(Cl)c3[nH]cnc3n2)nc2nc[nH]c12. The van der Waals surface area contributed by atoms with Crippen molar-refractivity contribution in [2.75, 3.05) is 0 Å². The quantitative estimate of drug-likeness (QED) is 0.300. The maximum absolute atomic E-state index is 6.11. The molecule has 0 aliphatic rings. The molecule has 4 heterocycles. The van der Waals surface area contributed by atoms with Crippen LogP contribution >= 0.6 is 23.2 Å². The second kappa shape index (κ2) is 5.11. The molecule has 0 spiro atoms. The summed E-state index contributed by atoms with van der Waals surface area (Å²) < 4.78 is 1.37. The first-order valence-electron chi connectivity index (χ1n) is 5.91. The fourth-order valence-corrected chi connectivity index (χ4v) is 7.95. The summed E-state index contributed by atoms with van der Waals surface area (Å²) in [7, 11) is 0. The van der Waals surface area contributed by atoms with Gasteiger partial charge in [0.25, 0.3) is 0 Å². The number of H-pyrrole nitrogens is 2. The average molecular weight is 508 g/mol. The number of aromatic nitrogens is 8. The van der Waals surface area contributed by atoms with Crippen molar-refractivity contribution >= 4 is 52.2 Å². The van der Waals surface area contributed by atoms with Crippen LogP contribution in [-0.2, 0) is 24.6 Å². The first-order valence-corrected chi connectivity index (χ1v) is 12.2. The number of hydrogen-bond donors (Lipinski definition) is 2. The second-order valence-electron chi connectivity index (χ2n) is 4.24. The van der Waals surface area contributed by atoms with Crippen LogP contribution in [0.5, 0.6) is 0 Å². The van der Waals surface area contributed by atoms with Crippen LogP contribution < -0.4 is 6.67 Å². The van der Waals surface area contributed by atoms with Crippen molar-refractivity contribution in [1.29, 1.82) is 0 Å². The number of nitrogens with one attached hydrogen (secondary N) is 2. The van der Waals surface area contributed by atoms with Crippen molar-refractivity contribution < 1.29 is 24.6 Å². The molecule has 0 bridgehead atoms. The van der Waals surface area contributed by atoms with E-state index >= 15 is 0 Å². The van der Waals surface area contributed by atoms with Crippen LogP contribution in [0.25, 0.3) is 22.3 Å². The summed E-state index contributed by atoms with van der Waals surface area (Å²) in [6.07, 6.45) is 3.07. The Labute approximate surface area is 139 Å². The Hall–Kier alpha value is -1.38. The van der Waals surface area contributed by atoms with Crippen LogP contribution in [0.2, 0.25) is 10.3 Å². The molecule has 0 saturated heterocycles. The van der Waals surface area contributed by atoms with Crippen LogP contribution in [-0.4, -0.2) is 39.9 Å². The first kappa shape index (κ1) is 13.3. The molecule has 0 aliphatic carbocycles. The summed E-state index contributed by atoms with van der Waals surface area (Å²) in [5, 5.41) is 0.721. The predicted octanol–water partition coefficient (Wildman–Crippen LogP) is 0.359. The van der Waals surface area contributed by atoms with Gasteiger partial charge < -0.3 is 0 Å². The number of fused-ring (bicyclic) bond motifs is 2. The van der Waals surface area contributed by atoms with Crippen LogP contribution in [0.15, 0.2) is 12.7 Å². The molecule has 2 N–H and O–H groups in total. The predicted molar refractivity (Wildman–Crippen MR) is 72.7 cm³/mol. The van der Waals surface area contributed by atoms with E-state index in [2.05, 4.69) is 39.9 Å². The number of hydrogen-bond acceptors (Lipinski definition) is 6. The monoisotopic (exact) mass is 508 g/mol. The summed E-state index contributed by atoms with van der Waals surface area (Å²) in [4.78, 5) is 31.4. The molecule has 11 heteroatoms. The summed E-state index contributed by atoms with van der Waals surface area (Å²) in [5.41, 5.74) is 2.37. The number of rotatable bonds is 2. The molecular formula is C10H4Cl2HgN8. The van der Waals surface area contributed by atoms with Gasteiger partial charge in [-0.15, -0.1) is 0 Å². The van der Waals surface area contributed by atoms with Crippen molar-refractivity contribution in [1.82, 2.24) is 39.9 Å². The summed E-state index contributed by atoms with van der Waals surface area (Å²) in [6, 6.07) is 0. The van der Waals surface area contributed by atoms with E-state index in [1.807, 2.05) is 0 Å². The first-order chi connectivity index (χ1) is 10.2. The third kappa shape index (κ3) is 2.36. The molecule has 0 aliphatic heterocycles. The van der Waals surface area contributed by atoms with Crippen LogP contribution in [0.1, 0.15) is 0 Å². The Kier molecular flexibility index (Phi) is 3.23. The molecule has 0 saturated carbocycles. The zero-order chi connectivity index (χ0) is 14.4. The van der Waals surface area contributed by atoms with Crippen molar-refractivity contribution in [2.45, 2.75) is 0 Å². The second-order valence-corrected chi connectivity index (χ2v) is 11.2. The number of nitrogens with zero attached hydrogens (tertiary/aromatic N) is 6. The van der Waals surface area contributed by atoms with Gasteiger partial charge in [0.05, 0.1) is 0 Å². The van der Waals surface area contributed by atoms with E-state index in [0.717, 1.165) is 0 Å². The van der Waals surface area contributed by atoms with Gasteiger partial charge in [0.15, 0.2) is 0 Å². The van der Waals surface area contributed by atoms with Gasteiger partial charge in [0, 0.05) is 0 Å². The van der Waals surface area contributed by atoms with Crippen LogP contribution in [0.3, 0.4) is 0 Å².